The molecule has 7 heteroatoms. The van der Waals surface area contributed by atoms with Crippen LogP contribution in [0.1, 0.15) is 34.0 Å². The fourth-order valence-electron chi connectivity index (χ4n) is 1.67. The van der Waals surface area contributed by atoms with Gasteiger partial charge in [-0.05, 0) is 13.0 Å². The second-order valence-corrected chi connectivity index (χ2v) is 4.78. The van der Waals surface area contributed by atoms with Crippen molar-refractivity contribution in [1.82, 2.24) is 14.8 Å². The molecular formula is C12H13N3O3S. The van der Waals surface area contributed by atoms with E-state index < -0.39 is 5.97 Å². The summed E-state index contributed by atoms with van der Waals surface area (Å²) in [5.41, 5.74) is 0.851. The van der Waals surface area contributed by atoms with Crippen LogP contribution in [0, 0.1) is 0 Å². The Balaban J connectivity index is 2.55. The van der Waals surface area contributed by atoms with E-state index in [1.807, 2.05) is 6.92 Å². The lowest BCUT2D eigenvalue weighted by molar-refractivity contribution is 0.0591. The van der Waals surface area contributed by atoms with Crippen LogP contribution in [0.2, 0.25) is 0 Å². The zero-order valence-electron chi connectivity index (χ0n) is 10.8. The molecular weight excluding hydrogens is 266 g/mol. The van der Waals surface area contributed by atoms with Crippen LogP contribution in [0.4, 0.5) is 0 Å². The molecule has 0 spiro atoms. The average molecular weight is 279 g/mol. The molecule has 2 aromatic rings. The number of thiazole rings is 1. The molecule has 2 aromatic heterocycles. The normalized spacial score (nSPS) is 10.5. The molecule has 0 aliphatic carbocycles. The predicted octanol–water partition coefficient (Wildman–Crippen LogP) is 2.02. The molecule has 0 bridgehead atoms. The lowest BCUT2D eigenvalue weighted by Crippen LogP contribution is -2.07. The van der Waals surface area contributed by atoms with Gasteiger partial charge in [-0.2, -0.15) is 5.10 Å². The van der Waals surface area contributed by atoms with E-state index in [9.17, 15) is 9.59 Å². The number of methoxy groups -OCH3 is 1. The number of carbonyl (C=O) groups excluding carboxylic acids is 2. The van der Waals surface area contributed by atoms with Gasteiger partial charge in [-0.15, -0.1) is 11.3 Å². The minimum absolute atomic E-state index is 0.0684. The van der Waals surface area contributed by atoms with E-state index in [1.54, 1.807) is 16.9 Å². The van der Waals surface area contributed by atoms with Crippen molar-refractivity contribution < 1.29 is 14.3 Å². The van der Waals surface area contributed by atoms with E-state index in [2.05, 4.69) is 14.8 Å². The van der Waals surface area contributed by atoms with Gasteiger partial charge in [0.05, 0.1) is 12.8 Å². The van der Waals surface area contributed by atoms with Crippen LogP contribution in [0.3, 0.4) is 0 Å². The zero-order chi connectivity index (χ0) is 14.0. The number of esters is 1. The molecule has 2 rings (SSSR count). The quantitative estimate of drug-likeness (QED) is 0.632. The first-order valence-corrected chi connectivity index (χ1v) is 6.52. The topological polar surface area (TPSA) is 74.1 Å². The summed E-state index contributed by atoms with van der Waals surface area (Å²) in [6.45, 7) is 4.04. The van der Waals surface area contributed by atoms with Gasteiger partial charge in [-0.3, -0.25) is 9.48 Å². The van der Waals surface area contributed by atoms with E-state index in [0.717, 1.165) is 5.69 Å². The number of aromatic nitrogens is 3. The summed E-state index contributed by atoms with van der Waals surface area (Å²) in [4.78, 5) is 27.7. The summed E-state index contributed by atoms with van der Waals surface area (Å²) < 4.78 is 6.40. The van der Waals surface area contributed by atoms with Crippen LogP contribution in [-0.4, -0.2) is 33.6 Å². The molecule has 0 fully saturated rings. The summed E-state index contributed by atoms with van der Waals surface area (Å²) in [6, 6.07) is 1.80. The maximum Gasteiger partial charge on any atom is 0.358 e. The Labute approximate surface area is 114 Å². The number of nitrogens with zero attached hydrogens (tertiary/aromatic N) is 3. The van der Waals surface area contributed by atoms with Gasteiger partial charge in [-0.25, -0.2) is 9.78 Å². The summed E-state index contributed by atoms with van der Waals surface area (Å²) in [5, 5.41) is 4.73. The molecule has 0 saturated carbocycles. The Morgan fingerprint density at radius 3 is 2.79 bits per heavy atom. The lowest BCUT2D eigenvalue weighted by atomic mass is 10.3. The third-order valence-electron chi connectivity index (χ3n) is 2.56. The lowest BCUT2D eigenvalue weighted by Gasteiger charge is -1.99. The highest BCUT2D eigenvalue weighted by atomic mass is 32.1. The highest BCUT2D eigenvalue weighted by Gasteiger charge is 2.23. The third kappa shape index (κ3) is 2.41. The van der Waals surface area contributed by atoms with E-state index in [0.29, 0.717) is 16.4 Å². The number of Topliss-reactive ketones (excluding diaryl/α,β-unsaturated/α-hetero) is 1. The Bertz CT molecular complexity index is 630. The molecule has 0 saturated heterocycles. The number of ketones is 1. The average Bonchev–Trinajstić information content (AvgIpc) is 3.03. The second kappa shape index (κ2) is 5.31. The van der Waals surface area contributed by atoms with Crippen molar-refractivity contribution in [2.75, 3.05) is 7.11 Å². The van der Waals surface area contributed by atoms with Crippen molar-refractivity contribution in [3.63, 3.8) is 0 Å². The first kappa shape index (κ1) is 13.4. The minimum Gasteiger partial charge on any atom is -0.464 e. The van der Waals surface area contributed by atoms with Crippen molar-refractivity contribution in [2.45, 2.75) is 20.4 Å². The van der Waals surface area contributed by atoms with Crippen LogP contribution in [0.25, 0.3) is 10.7 Å². The molecule has 0 aliphatic heterocycles. The van der Waals surface area contributed by atoms with Crippen molar-refractivity contribution >= 4 is 23.1 Å². The van der Waals surface area contributed by atoms with E-state index in [1.165, 1.54) is 25.4 Å². The number of hydrogen-bond donors (Lipinski definition) is 0. The number of ether oxygens (including phenoxy) is 1. The van der Waals surface area contributed by atoms with Crippen LogP contribution in [-0.2, 0) is 11.3 Å². The SMILES string of the molecule is CCn1nccc1-c1nc(C(=O)OC)c(C(C)=O)s1. The van der Waals surface area contributed by atoms with Crippen LogP contribution < -0.4 is 0 Å². The van der Waals surface area contributed by atoms with Gasteiger partial charge in [0.15, 0.2) is 11.5 Å². The molecule has 0 N–H and O–H groups in total. The third-order valence-corrected chi connectivity index (χ3v) is 3.74. The fraction of sp³-hybridized carbons (Fsp3) is 0.333. The minimum atomic E-state index is -0.602. The second-order valence-electron chi connectivity index (χ2n) is 3.78. The molecule has 6 nitrogen and oxygen atoms in total. The number of rotatable bonds is 4. The number of aryl methyl sites for hydroxylation is 1. The molecule has 0 unspecified atom stereocenters. The monoisotopic (exact) mass is 279 g/mol. The summed E-state index contributed by atoms with van der Waals surface area (Å²) in [5.74, 6) is -0.804. The molecule has 0 aliphatic rings. The molecule has 0 aromatic carbocycles. The highest BCUT2D eigenvalue weighted by Crippen LogP contribution is 2.28. The maximum atomic E-state index is 11.6. The Hall–Kier alpha value is -2.02. The Morgan fingerprint density at radius 2 is 2.21 bits per heavy atom. The van der Waals surface area contributed by atoms with E-state index in [-0.39, 0.29) is 11.5 Å². The van der Waals surface area contributed by atoms with Gasteiger partial charge in [0, 0.05) is 19.7 Å². The number of hydrogen-bond acceptors (Lipinski definition) is 6. The van der Waals surface area contributed by atoms with Gasteiger partial charge in [-0.1, -0.05) is 0 Å². The van der Waals surface area contributed by atoms with Crippen molar-refractivity contribution in [3.05, 3.63) is 22.8 Å². The molecule has 19 heavy (non-hydrogen) atoms. The largest absolute Gasteiger partial charge is 0.464 e. The predicted molar refractivity (Wildman–Crippen MR) is 70.4 cm³/mol. The highest BCUT2D eigenvalue weighted by molar-refractivity contribution is 7.17. The van der Waals surface area contributed by atoms with Crippen molar-refractivity contribution in [3.8, 4) is 10.7 Å². The van der Waals surface area contributed by atoms with Crippen LogP contribution in [0.5, 0.6) is 0 Å². The molecule has 0 amide bonds. The summed E-state index contributed by atoms with van der Waals surface area (Å²) in [6.07, 6.45) is 1.66. The summed E-state index contributed by atoms with van der Waals surface area (Å²) in [7, 11) is 1.27. The molecule has 100 valence electrons. The van der Waals surface area contributed by atoms with Gasteiger partial charge < -0.3 is 4.74 Å². The number of carbonyl (C=O) groups is 2. The summed E-state index contributed by atoms with van der Waals surface area (Å²) >= 11 is 1.18. The first-order valence-electron chi connectivity index (χ1n) is 5.70. The fourth-order valence-corrected chi connectivity index (χ4v) is 2.65. The van der Waals surface area contributed by atoms with Gasteiger partial charge in [0.25, 0.3) is 0 Å². The maximum absolute atomic E-state index is 11.6. The first-order chi connectivity index (χ1) is 9.08. The molecule has 2 heterocycles. The Kier molecular flexibility index (Phi) is 3.75. The smallest absolute Gasteiger partial charge is 0.358 e. The van der Waals surface area contributed by atoms with E-state index >= 15 is 0 Å². The van der Waals surface area contributed by atoms with Crippen LogP contribution >= 0.6 is 11.3 Å². The standard InChI is InChI=1S/C12H13N3O3S/c1-4-15-8(5-6-13-15)11-14-9(12(17)18-3)10(19-11)7(2)16/h5-6H,4H2,1-3H3. The van der Waals surface area contributed by atoms with E-state index in [4.69, 9.17) is 0 Å². The van der Waals surface area contributed by atoms with Gasteiger partial charge in [0.2, 0.25) is 0 Å². The Morgan fingerprint density at radius 1 is 1.47 bits per heavy atom. The van der Waals surface area contributed by atoms with Crippen molar-refractivity contribution in [2.24, 2.45) is 0 Å². The molecule has 0 radical (unpaired) electrons. The zero-order valence-corrected chi connectivity index (χ0v) is 11.7. The van der Waals surface area contributed by atoms with Crippen LogP contribution in [0.15, 0.2) is 12.3 Å². The van der Waals surface area contributed by atoms with Gasteiger partial charge in [0.1, 0.15) is 9.88 Å². The van der Waals surface area contributed by atoms with Gasteiger partial charge >= 0.3 is 5.97 Å². The molecule has 0 atom stereocenters. The van der Waals surface area contributed by atoms with Crippen molar-refractivity contribution in [1.29, 1.82) is 0 Å².